The average Bonchev–Trinajstić information content (AvgIpc) is 0.666. The molecule has 11 fully saturated rings. The van der Waals surface area contributed by atoms with Gasteiger partial charge in [0.25, 0.3) is 0 Å². The van der Waals surface area contributed by atoms with Crippen LogP contribution in [0.2, 0.25) is 0 Å². The summed E-state index contributed by atoms with van der Waals surface area (Å²) in [7, 11) is 0. The van der Waals surface area contributed by atoms with E-state index in [4.69, 9.17) is 99.5 Å². The highest BCUT2D eigenvalue weighted by Gasteiger charge is 2.63. The van der Waals surface area contributed by atoms with Gasteiger partial charge >= 0.3 is 0 Å². The molecule has 0 aliphatic carbocycles. The van der Waals surface area contributed by atoms with Gasteiger partial charge in [-0.3, -0.25) is 24.0 Å². The molecule has 786 valence electrons. The highest BCUT2D eigenvalue weighted by Crippen LogP contribution is 2.42. The molecular formula is C76H127N5O55. The van der Waals surface area contributed by atoms with Crippen molar-refractivity contribution in [3.8, 4) is 0 Å². The molecule has 60 nitrogen and oxygen atoms in total. The lowest BCUT2D eigenvalue weighted by atomic mass is 9.93. The fourth-order valence-electron chi connectivity index (χ4n) is 17.8. The van der Waals surface area contributed by atoms with Gasteiger partial charge in [-0.25, -0.2) is 0 Å². The topological polar surface area (TPSA) is 926 Å². The first-order chi connectivity index (χ1) is 64.3. The molecule has 0 aromatic heterocycles. The van der Waals surface area contributed by atoms with E-state index in [-0.39, 0.29) is 0 Å². The molecule has 60 heteroatoms. The molecule has 0 aromatic carbocycles. The quantitative estimate of drug-likeness (QED) is 0.0280. The number of nitrogens with one attached hydrogen (secondary N) is 5. The predicted molar refractivity (Wildman–Crippen MR) is 419 cm³/mol. The minimum atomic E-state index is -2.63. The first-order valence-electron chi connectivity index (χ1n) is 43.5. The second-order valence-electron chi connectivity index (χ2n) is 34.5. The first kappa shape index (κ1) is 112. The van der Waals surface area contributed by atoms with Crippen molar-refractivity contribution in [3.63, 3.8) is 0 Å². The number of carbonyl (C=O) groups excluding carboxylic acids is 5. The first-order valence-corrected chi connectivity index (χ1v) is 43.5. The van der Waals surface area contributed by atoms with Crippen molar-refractivity contribution in [2.45, 2.75) is 379 Å². The zero-order chi connectivity index (χ0) is 100. The van der Waals surface area contributed by atoms with Gasteiger partial charge in [-0.05, 0) is 6.92 Å². The molecule has 0 spiro atoms. The van der Waals surface area contributed by atoms with E-state index in [1.54, 1.807) is 0 Å². The Bertz CT molecular complexity index is 3760. The summed E-state index contributed by atoms with van der Waals surface area (Å²) in [5.41, 5.74) is 0. The van der Waals surface area contributed by atoms with Crippen LogP contribution in [0.5, 0.6) is 0 Å². The van der Waals surface area contributed by atoms with Crippen molar-refractivity contribution in [2.24, 2.45) is 0 Å². The summed E-state index contributed by atoms with van der Waals surface area (Å²) in [6.45, 7) is -5.58. The number of aliphatic hydroxyl groups is 29. The summed E-state index contributed by atoms with van der Waals surface area (Å²) < 4.78 is 126. The van der Waals surface area contributed by atoms with Gasteiger partial charge in [0.15, 0.2) is 69.2 Å². The van der Waals surface area contributed by atoms with Crippen molar-refractivity contribution in [2.75, 3.05) is 66.1 Å². The Balaban J connectivity index is 0.916. The van der Waals surface area contributed by atoms with Crippen LogP contribution >= 0.6 is 0 Å². The number of rotatable bonds is 35. The lowest BCUT2D eigenvalue weighted by molar-refractivity contribution is -0.403. The SMILES string of the molecule is CC(=O)N[C@H]1[C@H](OC[C@H]2O[C@@H](O[C@H]3[C@H](O)[C@@H](NC(C)=O)[C@H](O[C@H]4[C@@H](O)[C@@H](CO)O[C@@H](O[C@H]5[C@H](O)[C@@H](O)[C@H](O)O[C@@H]5CO)[C@@H]4O)O[C@@H]3CO)[C@H](O)[C@@H](O[C@@H]3O[C@H](CO)[C@@H](O[C@@H]4O[C@H](CO)[C@H](O)[C@H](O[C@H]5O[C@H](CO)[C@H](O)[C@H](O)[C@H]5NC(C)=O)[C@H]4O[C@@H]4O[C@@H](C)[C@@H](O)[C@@H](O)[C@@H]4O)[C@H](O)[C@H]3NC(C)=O)[C@H]2O)O[C@H](CO)[C@@H](O[C@@H]2O[C@H](CO)[C@H](O)[C@H](O[C@H]3O[C@H](CO)[C@H](O)[C@H](O)[C@H]3NC(C)=O)[C@H]2O)[C@@H]1O. The molecule has 11 aliphatic heterocycles. The van der Waals surface area contributed by atoms with Crippen LogP contribution in [0.4, 0.5) is 0 Å². The second-order valence-corrected chi connectivity index (χ2v) is 34.5. The van der Waals surface area contributed by atoms with E-state index in [0.717, 1.165) is 34.6 Å². The summed E-state index contributed by atoms with van der Waals surface area (Å²) in [5.74, 6) is -4.80. The van der Waals surface area contributed by atoms with E-state index in [1.807, 2.05) is 0 Å². The molecule has 5 amide bonds. The van der Waals surface area contributed by atoms with E-state index < -0.39 is 433 Å². The third-order valence-electron chi connectivity index (χ3n) is 24.9. The second kappa shape index (κ2) is 48.8. The largest absolute Gasteiger partial charge is 0.394 e. The predicted octanol–water partition coefficient (Wildman–Crippen LogP) is -23.2. The molecule has 0 aromatic rings. The fraction of sp³-hybridized carbons (Fsp3) is 0.934. The van der Waals surface area contributed by atoms with Crippen molar-refractivity contribution < 1.29 is 272 Å². The van der Waals surface area contributed by atoms with Crippen LogP contribution in [0, 0.1) is 0 Å². The Morgan fingerprint density at radius 3 is 0.801 bits per heavy atom. The molecule has 0 saturated carbocycles. The number of carbonyl (C=O) groups is 5. The Labute approximate surface area is 770 Å². The molecular weight excluding hydrogens is 1860 g/mol. The van der Waals surface area contributed by atoms with E-state index in [0.29, 0.717) is 0 Å². The van der Waals surface area contributed by atoms with E-state index in [2.05, 4.69) is 26.6 Å². The summed E-state index contributed by atoms with van der Waals surface area (Å²) >= 11 is 0. The van der Waals surface area contributed by atoms with Crippen LogP contribution in [-0.2, 0) is 123 Å². The van der Waals surface area contributed by atoms with E-state index >= 15 is 0 Å². The summed E-state index contributed by atoms with van der Waals surface area (Å²) in [6, 6.07) is -9.72. The molecule has 136 heavy (non-hydrogen) atoms. The van der Waals surface area contributed by atoms with E-state index in [9.17, 15) is 172 Å². The zero-order valence-corrected chi connectivity index (χ0v) is 73.4. The van der Waals surface area contributed by atoms with Gasteiger partial charge in [-0.1, -0.05) is 0 Å². The van der Waals surface area contributed by atoms with Gasteiger partial charge < -0.3 is 274 Å². The van der Waals surface area contributed by atoms with Gasteiger partial charge in [0, 0.05) is 34.6 Å². The summed E-state index contributed by atoms with van der Waals surface area (Å²) in [6.07, 6.45) is -105. The summed E-state index contributed by atoms with van der Waals surface area (Å²) in [4.78, 5) is 65.1. The number of hydrogen-bond acceptors (Lipinski definition) is 55. The van der Waals surface area contributed by atoms with Gasteiger partial charge in [0.1, 0.15) is 262 Å². The Kier molecular flexibility index (Phi) is 40.1. The third kappa shape index (κ3) is 24.6. The van der Waals surface area contributed by atoms with Crippen LogP contribution in [0.25, 0.3) is 0 Å². The number of ether oxygens (including phenoxy) is 21. The minimum Gasteiger partial charge on any atom is -0.394 e. The van der Waals surface area contributed by atoms with Crippen LogP contribution in [0.3, 0.4) is 0 Å². The van der Waals surface area contributed by atoms with Crippen LogP contribution in [-0.4, -0.2) is 581 Å². The normalized spacial score (nSPS) is 49.2. The maximum atomic E-state index is 13.6. The highest BCUT2D eigenvalue weighted by atomic mass is 16.8. The molecule has 11 heterocycles. The molecule has 0 unspecified atom stereocenters. The van der Waals surface area contributed by atoms with Crippen molar-refractivity contribution in [3.05, 3.63) is 0 Å². The number of amides is 5. The van der Waals surface area contributed by atoms with Gasteiger partial charge in [0.2, 0.25) is 29.5 Å². The van der Waals surface area contributed by atoms with Crippen molar-refractivity contribution >= 4 is 29.5 Å². The molecule has 11 rings (SSSR count). The molecule has 0 radical (unpaired) electrons. The molecule has 11 aliphatic rings. The Morgan fingerprint density at radius 2 is 0.449 bits per heavy atom. The maximum absolute atomic E-state index is 13.6. The fourth-order valence-corrected chi connectivity index (χ4v) is 17.8. The number of aliphatic hydroxyl groups excluding tert-OH is 29. The molecule has 55 atom stereocenters. The van der Waals surface area contributed by atoms with Crippen LogP contribution in [0.15, 0.2) is 0 Å². The standard InChI is InChI=1S/C76H127N5O55/c1-17-38(96)50(108)53(111)72(117-17)136-65-64(135-69-34(78-19(3)92)46(104)40(98)24(8-83)120-69)43(101)27(11-86)123-76(65)131-59-31(15-90)126-71(37(49(59)107)81-22(6)95)134-63-44(102)32(16-116-67-35(79-20(4)93)47(105)57(29(13-88)124-67)128-73-54(112)61(41(99)25(9-84)121-73)132-68-33(77-18(2)91)45(103)39(97)23(7-82)119-68)127-75(56(63)114)129-58-30(14-89)125-70(36(48(58)106)80-21(5)94)133-62-42(100)26(10-85)122-74(55(62)113)130-60-28(12-87)118-66(115)52(110)51(60)109/h17,23-76,82-90,96-115H,7-16H2,1-6H3,(H,77,91)(H,78,92)(H,79,93)(H,80,94)(H,81,95)/t17-,23+,24+,25+,26+,27+,28+,29+,30+,31+,32+,33+,34+,35+,36+,37+,38+,39-,40-,41-,42-,43-,44-,45+,46+,47+,48+,49+,50+,51+,52+,53-,54+,55+,56+,57+,58+,59+,60+,61-,62-,63-,64-,65+,66+,67+,68+,69+,70-,71-,72-,73-,74-,75-,76-/m0/s1. The molecule has 34 N–H and O–H groups in total. The van der Waals surface area contributed by atoms with Crippen molar-refractivity contribution in [1.82, 2.24) is 26.6 Å². The number of hydrogen-bond donors (Lipinski definition) is 34. The van der Waals surface area contributed by atoms with Gasteiger partial charge in [0.05, 0.1) is 72.2 Å². The zero-order valence-electron chi connectivity index (χ0n) is 73.4. The van der Waals surface area contributed by atoms with Gasteiger partial charge in [-0.2, -0.15) is 0 Å². The maximum Gasteiger partial charge on any atom is 0.217 e. The van der Waals surface area contributed by atoms with Gasteiger partial charge in [-0.15, -0.1) is 0 Å². The average molecular weight is 1990 g/mol. The molecule has 11 saturated heterocycles. The van der Waals surface area contributed by atoms with E-state index in [1.165, 1.54) is 6.92 Å². The monoisotopic (exact) mass is 1990 g/mol. The third-order valence-corrected chi connectivity index (χ3v) is 24.9. The van der Waals surface area contributed by atoms with Crippen LogP contribution < -0.4 is 26.6 Å². The summed E-state index contributed by atoms with van der Waals surface area (Å²) in [5, 5.41) is 338. The smallest absolute Gasteiger partial charge is 0.217 e. The highest BCUT2D eigenvalue weighted by molar-refractivity contribution is 5.75. The lowest BCUT2D eigenvalue weighted by Gasteiger charge is -2.52. The van der Waals surface area contributed by atoms with Crippen molar-refractivity contribution in [1.29, 1.82) is 0 Å². The Hall–Kier alpha value is -4.65. The van der Waals surface area contributed by atoms with Crippen LogP contribution in [0.1, 0.15) is 41.5 Å². The Morgan fingerprint density at radius 1 is 0.206 bits per heavy atom. The molecule has 0 bridgehead atoms. The lowest BCUT2D eigenvalue weighted by Crippen LogP contribution is -2.71. The minimum absolute atomic E-state index is 0.824.